The Morgan fingerprint density at radius 2 is 2.00 bits per heavy atom. The molecule has 1 unspecified atom stereocenters. The van der Waals surface area contributed by atoms with Gasteiger partial charge in [0, 0.05) is 31.3 Å². The predicted molar refractivity (Wildman–Crippen MR) is 59.4 cm³/mol. The van der Waals surface area contributed by atoms with Crippen molar-refractivity contribution in [3.05, 3.63) is 0 Å². The second kappa shape index (κ2) is 5.10. The Kier molecular flexibility index (Phi) is 4.35. The number of ether oxygens (including phenoxy) is 1. The molecule has 0 spiro atoms. The summed E-state index contributed by atoms with van der Waals surface area (Å²) in [6.45, 7) is 7.07. The lowest BCUT2D eigenvalue weighted by molar-refractivity contribution is 0.0367. The highest BCUT2D eigenvalue weighted by atomic mass is 16.5. The van der Waals surface area contributed by atoms with E-state index in [4.69, 9.17) is 10.5 Å². The van der Waals surface area contributed by atoms with E-state index in [0.29, 0.717) is 6.04 Å². The molecule has 1 rings (SSSR count). The topological polar surface area (TPSA) is 38.5 Å². The van der Waals surface area contributed by atoms with Crippen molar-refractivity contribution in [1.82, 2.24) is 4.90 Å². The molecular formula is C11H24N2O. The highest BCUT2D eigenvalue weighted by Crippen LogP contribution is 2.16. The minimum Gasteiger partial charge on any atom is -0.381 e. The van der Waals surface area contributed by atoms with Crippen molar-refractivity contribution >= 4 is 0 Å². The van der Waals surface area contributed by atoms with Gasteiger partial charge in [-0.2, -0.15) is 0 Å². The van der Waals surface area contributed by atoms with Crippen molar-refractivity contribution in [2.75, 3.05) is 26.8 Å². The van der Waals surface area contributed by atoms with Gasteiger partial charge in [-0.1, -0.05) is 6.92 Å². The Balaban J connectivity index is 2.36. The summed E-state index contributed by atoms with van der Waals surface area (Å²) in [5.74, 6) is 0. The van der Waals surface area contributed by atoms with E-state index in [1.165, 1.54) is 0 Å². The summed E-state index contributed by atoms with van der Waals surface area (Å²) in [6.07, 6.45) is 3.33. The van der Waals surface area contributed by atoms with Crippen molar-refractivity contribution in [1.29, 1.82) is 0 Å². The van der Waals surface area contributed by atoms with Crippen molar-refractivity contribution in [2.45, 2.75) is 44.7 Å². The van der Waals surface area contributed by atoms with Crippen LogP contribution in [-0.4, -0.2) is 43.3 Å². The minimum absolute atomic E-state index is 0.0486. The molecule has 2 N–H and O–H groups in total. The molecule has 1 saturated heterocycles. The quantitative estimate of drug-likeness (QED) is 0.741. The SMILES string of the molecule is CCC(C)(N)CN(C)C1CCOCC1. The van der Waals surface area contributed by atoms with Crippen LogP contribution in [0.1, 0.15) is 33.1 Å². The zero-order chi connectivity index (χ0) is 10.6. The minimum atomic E-state index is -0.0486. The summed E-state index contributed by atoms with van der Waals surface area (Å²) in [7, 11) is 2.18. The first-order chi connectivity index (χ1) is 6.55. The Morgan fingerprint density at radius 1 is 1.43 bits per heavy atom. The number of hydrogen-bond acceptors (Lipinski definition) is 3. The Bertz CT molecular complexity index is 165. The summed E-state index contributed by atoms with van der Waals surface area (Å²) < 4.78 is 5.35. The molecule has 0 aromatic rings. The van der Waals surface area contributed by atoms with Crippen LogP contribution in [0.15, 0.2) is 0 Å². The van der Waals surface area contributed by atoms with Gasteiger partial charge in [0.1, 0.15) is 0 Å². The largest absolute Gasteiger partial charge is 0.381 e. The first-order valence-electron chi connectivity index (χ1n) is 5.62. The molecule has 0 amide bonds. The van der Waals surface area contributed by atoms with Crippen LogP contribution in [0, 0.1) is 0 Å². The van der Waals surface area contributed by atoms with Crippen LogP contribution in [-0.2, 0) is 4.74 Å². The second-order valence-electron chi connectivity index (χ2n) is 4.77. The summed E-state index contributed by atoms with van der Waals surface area (Å²) in [5.41, 5.74) is 6.10. The van der Waals surface area contributed by atoms with Gasteiger partial charge >= 0.3 is 0 Å². The van der Waals surface area contributed by atoms with Crippen LogP contribution >= 0.6 is 0 Å². The van der Waals surface area contributed by atoms with Crippen LogP contribution in [0.25, 0.3) is 0 Å². The first kappa shape index (κ1) is 12.0. The van der Waals surface area contributed by atoms with Gasteiger partial charge in [-0.25, -0.2) is 0 Å². The van der Waals surface area contributed by atoms with E-state index in [0.717, 1.165) is 39.0 Å². The van der Waals surface area contributed by atoms with E-state index in [2.05, 4.69) is 25.8 Å². The molecule has 1 aliphatic rings. The molecule has 1 aliphatic heterocycles. The average molecular weight is 200 g/mol. The molecule has 0 radical (unpaired) electrons. The molecule has 0 aliphatic carbocycles. The van der Waals surface area contributed by atoms with Gasteiger partial charge in [0.15, 0.2) is 0 Å². The van der Waals surface area contributed by atoms with E-state index in [1.54, 1.807) is 0 Å². The molecule has 0 saturated carbocycles. The molecule has 1 heterocycles. The maximum absolute atomic E-state index is 6.15. The third-order valence-electron chi connectivity index (χ3n) is 3.23. The van der Waals surface area contributed by atoms with Gasteiger partial charge in [-0.15, -0.1) is 0 Å². The van der Waals surface area contributed by atoms with Gasteiger partial charge in [-0.3, -0.25) is 0 Å². The van der Waals surface area contributed by atoms with Gasteiger partial charge in [0.25, 0.3) is 0 Å². The predicted octanol–water partition coefficient (Wildman–Crippen LogP) is 1.22. The summed E-state index contributed by atoms with van der Waals surface area (Å²) in [4.78, 5) is 2.39. The Morgan fingerprint density at radius 3 is 2.50 bits per heavy atom. The molecule has 84 valence electrons. The maximum Gasteiger partial charge on any atom is 0.0480 e. The summed E-state index contributed by atoms with van der Waals surface area (Å²) in [5, 5.41) is 0. The van der Waals surface area contributed by atoms with Crippen molar-refractivity contribution in [3.63, 3.8) is 0 Å². The number of hydrogen-bond donors (Lipinski definition) is 1. The van der Waals surface area contributed by atoms with Gasteiger partial charge in [0.05, 0.1) is 0 Å². The van der Waals surface area contributed by atoms with Crippen molar-refractivity contribution < 1.29 is 4.74 Å². The fourth-order valence-corrected chi connectivity index (χ4v) is 1.94. The second-order valence-corrected chi connectivity index (χ2v) is 4.77. The summed E-state index contributed by atoms with van der Waals surface area (Å²) in [6, 6.07) is 0.665. The first-order valence-corrected chi connectivity index (χ1v) is 5.62. The molecule has 14 heavy (non-hydrogen) atoms. The van der Waals surface area contributed by atoms with E-state index in [9.17, 15) is 0 Å². The molecule has 1 fully saturated rings. The lowest BCUT2D eigenvalue weighted by Gasteiger charge is -2.36. The zero-order valence-electron chi connectivity index (χ0n) is 9.75. The smallest absolute Gasteiger partial charge is 0.0480 e. The molecule has 0 aromatic carbocycles. The van der Waals surface area contributed by atoms with Crippen molar-refractivity contribution in [2.24, 2.45) is 5.73 Å². The maximum atomic E-state index is 6.15. The van der Waals surface area contributed by atoms with E-state index in [-0.39, 0.29) is 5.54 Å². The number of likely N-dealkylation sites (N-methyl/N-ethyl adjacent to an activating group) is 1. The zero-order valence-corrected chi connectivity index (χ0v) is 9.75. The standard InChI is InChI=1S/C11H24N2O/c1-4-11(2,12)9-13(3)10-5-7-14-8-6-10/h10H,4-9,12H2,1-3H3. The van der Waals surface area contributed by atoms with Crippen LogP contribution in [0.3, 0.4) is 0 Å². The van der Waals surface area contributed by atoms with Gasteiger partial charge in [-0.05, 0) is 33.2 Å². The lowest BCUT2D eigenvalue weighted by atomic mass is 9.98. The van der Waals surface area contributed by atoms with Crippen LogP contribution in [0.5, 0.6) is 0 Å². The highest BCUT2D eigenvalue weighted by Gasteiger charge is 2.24. The fourth-order valence-electron chi connectivity index (χ4n) is 1.94. The van der Waals surface area contributed by atoms with Crippen LogP contribution in [0.2, 0.25) is 0 Å². The normalized spacial score (nSPS) is 23.8. The monoisotopic (exact) mass is 200 g/mol. The van der Waals surface area contributed by atoms with Crippen molar-refractivity contribution in [3.8, 4) is 0 Å². The molecule has 0 bridgehead atoms. The Labute approximate surface area is 87.6 Å². The Hall–Kier alpha value is -0.120. The summed E-state index contributed by atoms with van der Waals surface area (Å²) >= 11 is 0. The van der Waals surface area contributed by atoms with Gasteiger partial charge in [0.2, 0.25) is 0 Å². The van der Waals surface area contributed by atoms with E-state index in [1.807, 2.05) is 0 Å². The van der Waals surface area contributed by atoms with E-state index < -0.39 is 0 Å². The molecular weight excluding hydrogens is 176 g/mol. The van der Waals surface area contributed by atoms with Crippen LogP contribution < -0.4 is 5.73 Å². The average Bonchev–Trinajstić information content (AvgIpc) is 2.19. The number of nitrogens with two attached hydrogens (primary N) is 1. The van der Waals surface area contributed by atoms with Crippen LogP contribution in [0.4, 0.5) is 0 Å². The molecule has 3 heteroatoms. The third kappa shape index (κ3) is 3.56. The number of nitrogens with zero attached hydrogens (tertiary/aromatic N) is 1. The molecule has 1 atom stereocenters. The van der Waals surface area contributed by atoms with E-state index >= 15 is 0 Å². The lowest BCUT2D eigenvalue weighted by Crippen LogP contribution is -2.50. The number of rotatable bonds is 4. The highest BCUT2D eigenvalue weighted by molar-refractivity contribution is 4.83. The fraction of sp³-hybridized carbons (Fsp3) is 1.00. The molecule has 3 nitrogen and oxygen atoms in total. The van der Waals surface area contributed by atoms with Gasteiger partial charge < -0.3 is 15.4 Å². The third-order valence-corrected chi connectivity index (χ3v) is 3.23. The molecule has 0 aromatic heterocycles.